The molecule has 1 heterocycles. The van der Waals surface area contributed by atoms with E-state index in [2.05, 4.69) is 0 Å². The van der Waals surface area contributed by atoms with Crippen molar-refractivity contribution in [1.82, 2.24) is 0 Å². The lowest BCUT2D eigenvalue weighted by Crippen LogP contribution is -2.24. The fourth-order valence-corrected chi connectivity index (χ4v) is 1.10. The van der Waals surface area contributed by atoms with E-state index in [4.69, 9.17) is 14.9 Å². The van der Waals surface area contributed by atoms with Crippen LogP contribution in [0.3, 0.4) is 0 Å². The lowest BCUT2D eigenvalue weighted by Gasteiger charge is -2.08. The smallest absolute Gasteiger partial charge is 0.139 e. The van der Waals surface area contributed by atoms with Gasteiger partial charge >= 0.3 is 0 Å². The van der Waals surface area contributed by atoms with Crippen molar-refractivity contribution < 1.29 is 14.9 Å². The Bertz CT molecular complexity index is 98.2. The zero-order chi connectivity index (χ0) is 6.85. The number of aliphatic hydroxyl groups is 2. The van der Waals surface area contributed by atoms with Crippen molar-refractivity contribution in [2.75, 3.05) is 6.61 Å². The molecule has 0 aromatic rings. The van der Waals surface area contributed by atoms with Crippen LogP contribution in [0, 0.1) is 0 Å². The van der Waals surface area contributed by atoms with E-state index < -0.39 is 6.10 Å². The van der Waals surface area contributed by atoms with E-state index in [0.29, 0.717) is 6.42 Å². The third-order valence-electron chi connectivity index (χ3n) is 1.59. The SMILES string of the molecule is B[C@@H]1C[C@@H](O)[C@H](CO)O1. The molecule has 4 heteroatoms. The first-order valence-electron chi connectivity index (χ1n) is 3.18. The average molecular weight is 130 g/mol. The molecule has 1 rings (SSSR count). The molecule has 0 unspecified atom stereocenters. The maximum atomic E-state index is 9.07. The minimum Gasteiger partial charge on any atom is -0.394 e. The third kappa shape index (κ3) is 1.44. The van der Waals surface area contributed by atoms with Crippen LogP contribution < -0.4 is 0 Å². The van der Waals surface area contributed by atoms with Crippen LogP contribution in [0.25, 0.3) is 0 Å². The molecule has 1 aliphatic rings. The highest BCUT2D eigenvalue weighted by Crippen LogP contribution is 2.17. The van der Waals surface area contributed by atoms with E-state index in [1.165, 1.54) is 0 Å². The molecule has 3 atom stereocenters. The highest BCUT2D eigenvalue weighted by Gasteiger charge is 2.29. The van der Waals surface area contributed by atoms with Crippen molar-refractivity contribution in [3.8, 4) is 0 Å². The quantitative estimate of drug-likeness (QED) is 0.407. The van der Waals surface area contributed by atoms with Gasteiger partial charge in [0.2, 0.25) is 0 Å². The topological polar surface area (TPSA) is 49.7 Å². The van der Waals surface area contributed by atoms with Gasteiger partial charge in [0, 0.05) is 6.00 Å². The summed E-state index contributed by atoms with van der Waals surface area (Å²) in [6.07, 6.45) is -0.171. The number of hydrogen-bond acceptors (Lipinski definition) is 3. The van der Waals surface area contributed by atoms with Crippen LogP contribution in [0.2, 0.25) is 0 Å². The zero-order valence-electron chi connectivity index (χ0n) is 5.45. The second-order valence-corrected chi connectivity index (χ2v) is 2.47. The summed E-state index contributed by atoms with van der Waals surface area (Å²) in [7, 11) is 1.89. The van der Waals surface area contributed by atoms with Gasteiger partial charge in [-0.25, -0.2) is 0 Å². The molecule has 52 valence electrons. The number of hydrogen-bond donors (Lipinski definition) is 2. The Kier molecular flexibility index (Phi) is 2.11. The van der Waals surface area contributed by atoms with Crippen molar-refractivity contribution in [2.24, 2.45) is 0 Å². The van der Waals surface area contributed by atoms with Crippen LogP contribution in [0.4, 0.5) is 0 Å². The Hall–Kier alpha value is -0.0551. The molecule has 2 N–H and O–H groups in total. The number of ether oxygens (including phenoxy) is 1. The highest BCUT2D eigenvalue weighted by atomic mass is 16.5. The largest absolute Gasteiger partial charge is 0.394 e. The molecule has 0 aromatic heterocycles. The fraction of sp³-hybridized carbons (Fsp3) is 1.00. The van der Waals surface area contributed by atoms with Gasteiger partial charge in [0.25, 0.3) is 0 Å². The predicted octanol–water partition coefficient (Wildman–Crippen LogP) is -1.91. The first-order valence-corrected chi connectivity index (χ1v) is 3.18. The van der Waals surface area contributed by atoms with Gasteiger partial charge < -0.3 is 14.9 Å². The van der Waals surface area contributed by atoms with Gasteiger partial charge in [-0.3, -0.25) is 0 Å². The lowest BCUT2D eigenvalue weighted by molar-refractivity contribution is -0.00408. The molecule has 0 radical (unpaired) electrons. The van der Waals surface area contributed by atoms with Crippen LogP contribution in [0.15, 0.2) is 0 Å². The minimum atomic E-state index is -0.468. The fourth-order valence-electron chi connectivity index (χ4n) is 1.10. The lowest BCUT2D eigenvalue weighted by atomic mass is 9.96. The summed E-state index contributed by atoms with van der Waals surface area (Å²) < 4.78 is 5.12. The maximum absolute atomic E-state index is 9.07. The highest BCUT2D eigenvalue weighted by molar-refractivity contribution is 6.11. The van der Waals surface area contributed by atoms with Gasteiger partial charge in [-0.2, -0.15) is 0 Å². The summed E-state index contributed by atoms with van der Waals surface area (Å²) in [4.78, 5) is 0. The summed E-state index contributed by atoms with van der Waals surface area (Å²) in [5.74, 6) is 0. The predicted molar refractivity (Wildman–Crippen MR) is 34.9 cm³/mol. The Balaban J connectivity index is 2.38. The molecule has 1 fully saturated rings. The minimum absolute atomic E-state index is 0.0779. The van der Waals surface area contributed by atoms with Gasteiger partial charge in [-0.15, -0.1) is 0 Å². The number of aliphatic hydroxyl groups excluding tert-OH is 2. The van der Waals surface area contributed by atoms with Crippen molar-refractivity contribution in [3.63, 3.8) is 0 Å². The molecule has 0 saturated carbocycles. The molecule has 0 aliphatic carbocycles. The Morgan fingerprint density at radius 1 is 1.67 bits per heavy atom. The van der Waals surface area contributed by atoms with E-state index >= 15 is 0 Å². The van der Waals surface area contributed by atoms with Crippen molar-refractivity contribution in [1.29, 1.82) is 0 Å². The average Bonchev–Trinajstić information content (AvgIpc) is 2.10. The van der Waals surface area contributed by atoms with Crippen LogP contribution in [-0.2, 0) is 4.74 Å². The monoisotopic (exact) mass is 130 g/mol. The molecule has 9 heavy (non-hydrogen) atoms. The van der Waals surface area contributed by atoms with Crippen LogP contribution in [0.5, 0.6) is 0 Å². The van der Waals surface area contributed by atoms with Gasteiger partial charge in [0.05, 0.1) is 12.7 Å². The van der Waals surface area contributed by atoms with Crippen molar-refractivity contribution in [3.05, 3.63) is 0 Å². The first-order chi connectivity index (χ1) is 4.24. The van der Waals surface area contributed by atoms with E-state index in [-0.39, 0.29) is 18.7 Å². The molecule has 0 amide bonds. The standard InChI is InChI=1S/C5H11BO3/c6-5-1-3(8)4(2-7)9-5/h3-5,7-8H,1-2,6H2/t3-,4+,5+/m1/s1. The Labute approximate surface area is 55.0 Å². The zero-order valence-corrected chi connectivity index (χ0v) is 5.45. The molecule has 3 nitrogen and oxygen atoms in total. The summed E-state index contributed by atoms with van der Waals surface area (Å²) in [5, 5.41) is 17.6. The summed E-state index contributed by atoms with van der Waals surface area (Å²) in [6, 6.07) is 0.0946. The Morgan fingerprint density at radius 3 is 2.56 bits per heavy atom. The van der Waals surface area contributed by atoms with Crippen LogP contribution >= 0.6 is 0 Å². The molecule has 0 aromatic carbocycles. The van der Waals surface area contributed by atoms with Crippen LogP contribution in [0.1, 0.15) is 6.42 Å². The summed E-state index contributed by atoms with van der Waals surface area (Å²) in [6.45, 7) is -0.0779. The first kappa shape index (κ1) is 7.06. The molecule has 1 aliphatic heterocycles. The second kappa shape index (κ2) is 2.69. The van der Waals surface area contributed by atoms with Crippen molar-refractivity contribution >= 4 is 7.85 Å². The van der Waals surface area contributed by atoms with Crippen molar-refractivity contribution in [2.45, 2.75) is 24.6 Å². The Morgan fingerprint density at radius 2 is 2.33 bits per heavy atom. The van der Waals surface area contributed by atoms with Crippen LogP contribution in [-0.4, -0.2) is 42.9 Å². The normalized spacial score (nSPS) is 43.6. The van der Waals surface area contributed by atoms with Gasteiger partial charge in [-0.05, 0) is 6.42 Å². The molecule has 1 saturated heterocycles. The van der Waals surface area contributed by atoms with Gasteiger partial charge in [0.15, 0.2) is 0 Å². The van der Waals surface area contributed by atoms with E-state index in [9.17, 15) is 0 Å². The van der Waals surface area contributed by atoms with E-state index in [1.807, 2.05) is 7.85 Å². The molecule has 0 spiro atoms. The van der Waals surface area contributed by atoms with Gasteiger partial charge in [0.1, 0.15) is 14.0 Å². The third-order valence-corrected chi connectivity index (χ3v) is 1.59. The second-order valence-electron chi connectivity index (χ2n) is 2.47. The maximum Gasteiger partial charge on any atom is 0.139 e. The van der Waals surface area contributed by atoms with E-state index in [0.717, 1.165) is 0 Å². The van der Waals surface area contributed by atoms with Gasteiger partial charge in [-0.1, -0.05) is 0 Å². The van der Waals surface area contributed by atoms with E-state index in [1.54, 1.807) is 0 Å². The number of rotatable bonds is 1. The molecule has 0 bridgehead atoms. The summed E-state index contributed by atoms with van der Waals surface area (Å²) >= 11 is 0. The molecular formula is C5H11BO3. The summed E-state index contributed by atoms with van der Waals surface area (Å²) in [5.41, 5.74) is 0. The molecular weight excluding hydrogens is 119 g/mol.